The van der Waals surface area contributed by atoms with Crippen molar-refractivity contribution in [1.29, 1.82) is 0 Å². The van der Waals surface area contributed by atoms with Crippen LogP contribution in [-0.4, -0.2) is 30.6 Å². The minimum absolute atomic E-state index is 0.129. The number of carbonyl (C=O) groups is 1. The summed E-state index contributed by atoms with van der Waals surface area (Å²) in [5.74, 6) is 1.40. The Morgan fingerprint density at radius 1 is 1.10 bits per heavy atom. The van der Waals surface area contributed by atoms with E-state index in [1.807, 2.05) is 53.9 Å². The van der Waals surface area contributed by atoms with Crippen LogP contribution in [0.5, 0.6) is 11.5 Å². The normalized spacial score (nSPS) is 11.7. The molecule has 0 radical (unpaired) electrons. The summed E-state index contributed by atoms with van der Waals surface area (Å²) in [6.45, 7) is 4.38. The highest BCUT2D eigenvalue weighted by molar-refractivity contribution is 7.13. The van der Waals surface area contributed by atoms with Crippen LogP contribution in [0.4, 0.5) is 0 Å². The van der Waals surface area contributed by atoms with Gasteiger partial charge in [0.2, 0.25) is 0 Å². The second-order valence-electron chi connectivity index (χ2n) is 6.67. The lowest BCUT2D eigenvalue weighted by molar-refractivity contribution is -0.127. The van der Waals surface area contributed by atoms with Crippen molar-refractivity contribution in [3.05, 3.63) is 65.2 Å². The predicted octanol–water partition coefficient (Wildman–Crippen LogP) is 4.51. The molecule has 152 valence electrons. The number of hydrogen-bond donors (Lipinski definition) is 1. The van der Waals surface area contributed by atoms with E-state index in [1.165, 1.54) is 5.56 Å². The summed E-state index contributed by atoms with van der Waals surface area (Å²) in [6.07, 6.45) is 1.11. The summed E-state index contributed by atoms with van der Waals surface area (Å²) in [5.41, 5.74) is 3.26. The zero-order valence-corrected chi connectivity index (χ0v) is 17.8. The molecule has 1 heterocycles. The van der Waals surface area contributed by atoms with Gasteiger partial charge in [0.25, 0.3) is 5.91 Å². The molecule has 0 fully saturated rings. The third-order valence-corrected chi connectivity index (χ3v) is 5.52. The lowest BCUT2D eigenvalue weighted by Gasteiger charge is -2.14. The van der Waals surface area contributed by atoms with Gasteiger partial charge in [0.1, 0.15) is 16.5 Å². The molecule has 3 aromatic rings. The molecule has 1 aromatic heterocycles. The summed E-state index contributed by atoms with van der Waals surface area (Å²) in [6, 6.07) is 15.7. The Morgan fingerprint density at radius 3 is 2.45 bits per heavy atom. The maximum Gasteiger partial charge on any atom is 0.260 e. The zero-order chi connectivity index (χ0) is 20.6. The van der Waals surface area contributed by atoms with Gasteiger partial charge in [0.05, 0.1) is 12.8 Å². The Balaban J connectivity index is 1.46. The molecule has 2 aromatic carbocycles. The van der Waals surface area contributed by atoms with E-state index in [4.69, 9.17) is 9.47 Å². The summed E-state index contributed by atoms with van der Waals surface area (Å²) in [7, 11) is 1.65. The summed E-state index contributed by atoms with van der Waals surface area (Å²) in [5, 5.41) is 5.91. The maximum absolute atomic E-state index is 12.3. The van der Waals surface area contributed by atoms with Crippen molar-refractivity contribution in [2.45, 2.75) is 32.8 Å². The highest BCUT2D eigenvalue weighted by atomic mass is 32.1. The molecule has 0 bridgehead atoms. The van der Waals surface area contributed by atoms with Crippen molar-refractivity contribution in [1.82, 2.24) is 10.3 Å². The lowest BCUT2D eigenvalue weighted by Crippen LogP contribution is -2.37. The standard InChI is InChI=1S/C23H26N2O3S/c1-4-17-5-9-21(10-6-17)28-16(2)22(26)24-14-13-19-15-29-23(25-19)18-7-11-20(27-3)12-8-18/h5-12,15-16H,4,13-14H2,1-3H3,(H,24,26). The number of aromatic nitrogens is 1. The van der Waals surface area contributed by atoms with Gasteiger partial charge < -0.3 is 14.8 Å². The van der Waals surface area contributed by atoms with E-state index in [9.17, 15) is 4.79 Å². The van der Waals surface area contributed by atoms with Crippen molar-refractivity contribution in [2.75, 3.05) is 13.7 Å². The fourth-order valence-electron chi connectivity index (χ4n) is 2.81. The molecule has 3 rings (SSSR count). The first-order chi connectivity index (χ1) is 14.1. The third-order valence-electron chi connectivity index (χ3n) is 4.58. The molecule has 1 amide bonds. The molecule has 1 unspecified atom stereocenters. The van der Waals surface area contributed by atoms with E-state index in [1.54, 1.807) is 25.4 Å². The molecule has 0 saturated heterocycles. The Kier molecular flexibility index (Phi) is 7.25. The van der Waals surface area contributed by atoms with Crippen LogP contribution >= 0.6 is 11.3 Å². The summed E-state index contributed by atoms with van der Waals surface area (Å²) >= 11 is 1.60. The van der Waals surface area contributed by atoms with Gasteiger partial charge in [-0.25, -0.2) is 4.98 Å². The molecule has 0 aliphatic carbocycles. The lowest BCUT2D eigenvalue weighted by atomic mass is 10.2. The Hall–Kier alpha value is -2.86. The molecular formula is C23H26N2O3S. The summed E-state index contributed by atoms with van der Waals surface area (Å²) in [4.78, 5) is 16.9. The third kappa shape index (κ3) is 5.81. The highest BCUT2D eigenvalue weighted by Crippen LogP contribution is 2.25. The first kappa shape index (κ1) is 20.9. The van der Waals surface area contributed by atoms with E-state index in [0.717, 1.165) is 28.4 Å². The van der Waals surface area contributed by atoms with E-state index < -0.39 is 6.10 Å². The number of thiazole rings is 1. The van der Waals surface area contributed by atoms with Crippen LogP contribution in [0.1, 0.15) is 25.1 Å². The highest BCUT2D eigenvalue weighted by Gasteiger charge is 2.14. The molecule has 1 atom stereocenters. The second kappa shape index (κ2) is 10.1. The van der Waals surface area contributed by atoms with Crippen LogP contribution in [0.15, 0.2) is 53.9 Å². The van der Waals surface area contributed by atoms with Gasteiger partial charge in [-0.15, -0.1) is 11.3 Å². The van der Waals surface area contributed by atoms with E-state index in [2.05, 4.69) is 17.2 Å². The molecule has 0 aliphatic rings. The van der Waals surface area contributed by atoms with Crippen molar-refractivity contribution in [3.8, 4) is 22.1 Å². The van der Waals surface area contributed by atoms with Crippen molar-refractivity contribution in [3.63, 3.8) is 0 Å². The van der Waals surface area contributed by atoms with E-state index >= 15 is 0 Å². The predicted molar refractivity (Wildman–Crippen MR) is 117 cm³/mol. The van der Waals surface area contributed by atoms with Crippen molar-refractivity contribution >= 4 is 17.2 Å². The largest absolute Gasteiger partial charge is 0.497 e. The smallest absolute Gasteiger partial charge is 0.260 e. The first-order valence-corrected chi connectivity index (χ1v) is 10.6. The summed E-state index contributed by atoms with van der Waals surface area (Å²) < 4.78 is 10.9. The van der Waals surface area contributed by atoms with Gasteiger partial charge in [0, 0.05) is 23.9 Å². The van der Waals surface area contributed by atoms with Gasteiger partial charge in [-0.2, -0.15) is 0 Å². The van der Waals surface area contributed by atoms with Crippen LogP contribution in [0.3, 0.4) is 0 Å². The average Bonchev–Trinajstić information content (AvgIpc) is 3.23. The monoisotopic (exact) mass is 410 g/mol. The van der Waals surface area contributed by atoms with Gasteiger partial charge in [0.15, 0.2) is 6.10 Å². The number of benzene rings is 2. The number of rotatable bonds is 9. The number of methoxy groups -OCH3 is 1. The SMILES string of the molecule is CCc1ccc(OC(C)C(=O)NCCc2csc(-c3ccc(OC)cc3)n2)cc1. The number of ether oxygens (including phenoxy) is 2. The van der Waals surface area contributed by atoms with Gasteiger partial charge >= 0.3 is 0 Å². The molecule has 6 heteroatoms. The number of nitrogens with zero attached hydrogens (tertiary/aromatic N) is 1. The molecule has 5 nitrogen and oxygen atoms in total. The quantitative estimate of drug-likeness (QED) is 0.564. The van der Waals surface area contributed by atoms with Gasteiger partial charge in [-0.05, 0) is 55.3 Å². The fourth-order valence-corrected chi connectivity index (χ4v) is 3.67. The number of aryl methyl sites for hydroxylation is 1. The Bertz CT molecular complexity index is 920. The van der Waals surface area contributed by atoms with Crippen molar-refractivity contribution < 1.29 is 14.3 Å². The van der Waals surface area contributed by atoms with Crippen molar-refractivity contribution in [2.24, 2.45) is 0 Å². The van der Waals surface area contributed by atoms with Crippen LogP contribution in [0, 0.1) is 0 Å². The molecule has 0 spiro atoms. The minimum Gasteiger partial charge on any atom is -0.497 e. The van der Waals surface area contributed by atoms with Crippen LogP contribution in [0.2, 0.25) is 0 Å². The second-order valence-corrected chi connectivity index (χ2v) is 7.53. The molecule has 0 saturated carbocycles. The first-order valence-electron chi connectivity index (χ1n) is 9.71. The number of nitrogens with one attached hydrogen (secondary N) is 1. The number of hydrogen-bond acceptors (Lipinski definition) is 5. The Morgan fingerprint density at radius 2 is 1.79 bits per heavy atom. The van der Waals surface area contributed by atoms with Gasteiger partial charge in [-0.3, -0.25) is 4.79 Å². The minimum atomic E-state index is -0.548. The molecular weight excluding hydrogens is 384 g/mol. The number of amides is 1. The van der Waals surface area contributed by atoms with E-state index in [-0.39, 0.29) is 5.91 Å². The molecule has 0 aliphatic heterocycles. The van der Waals surface area contributed by atoms with Gasteiger partial charge in [-0.1, -0.05) is 19.1 Å². The topological polar surface area (TPSA) is 60.5 Å². The van der Waals surface area contributed by atoms with E-state index in [0.29, 0.717) is 18.7 Å². The van der Waals surface area contributed by atoms with Crippen LogP contribution in [0.25, 0.3) is 10.6 Å². The number of carbonyl (C=O) groups excluding carboxylic acids is 1. The van der Waals surface area contributed by atoms with Crippen LogP contribution in [-0.2, 0) is 17.6 Å². The zero-order valence-electron chi connectivity index (χ0n) is 17.0. The Labute approximate surface area is 175 Å². The fraction of sp³-hybridized carbons (Fsp3) is 0.304. The average molecular weight is 411 g/mol. The molecule has 29 heavy (non-hydrogen) atoms. The molecule has 1 N–H and O–H groups in total. The maximum atomic E-state index is 12.3. The van der Waals surface area contributed by atoms with Crippen LogP contribution < -0.4 is 14.8 Å².